The van der Waals surface area contributed by atoms with Crippen LogP contribution in [0.1, 0.15) is 53.9 Å². The van der Waals surface area contributed by atoms with Gasteiger partial charge in [0, 0.05) is 25.7 Å². The van der Waals surface area contributed by atoms with Gasteiger partial charge in [-0.25, -0.2) is 4.79 Å². The Bertz CT molecular complexity index is 280. The maximum Gasteiger partial charge on any atom is 0.410 e. The number of amides is 1. The average molecular weight is 270 g/mol. The zero-order valence-corrected chi connectivity index (χ0v) is 13.2. The molecular weight excluding hydrogens is 240 g/mol. The van der Waals surface area contributed by atoms with E-state index in [1.165, 1.54) is 12.8 Å². The van der Waals surface area contributed by atoms with Crippen molar-refractivity contribution in [3.8, 4) is 0 Å². The number of nitrogens with one attached hydrogen (secondary N) is 1. The second-order valence-corrected chi connectivity index (χ2v) is 6.70. The van der Waals surface area contributed by atoms with E-state index in [9.17, 15) is 4.79 Å². The molecule has 0 aromatic heterocycles. The lowest BCUT2D eigenvalue weighted by Crippen LogP contribution is -2.45. The van der Waals surface area contributed by atoms with Crippen molar-refractivity contribution in [2.75, 3.05) is 19.6 Å². The molecule has 0 saturated heterocycles. The van der Waals surface area contributed by atoms with E-state index < -0.39 is 5.60 Å². The van der Waals surface area contributed by atoms with Crippen LogP contribution in [0.2, 0.25) is 0 Å². The predicted octanol–water partition coefficient (Wildman–Crippen LogP) is 3.02. The van der Waals surface area contributed by atoms with Crippen LogP contribution >= 0.6 is 0 Å². The Labute approximate surface area is 117 Å². The van der Waals surface area contributed by atoms with E-state index in [0.29, 0.717) is 6.04 Å². The fraction of sp³-hybridized carbons (Fsp3) is 0.933. The Balaban J connectivity index is 2.28. The summed E-state index contributed by atoms with van der Waals surface area (Å²) in [6.45, 7) is 12.4. The van der Waals surface area contributed by atoms with E-state index in [4.69, 9.17) is 4.74 Å². The molecular formula is C15H30N2O2. The predicted molar refractivity (Wildman–Crippen MR) is 78.3 cm³/mol. The number of hydrogen-bond donors (Lipinski definition) is 1. The molecule has 0 unspecified atom stereocenters. The SMILES string of the molecule is CCCN(CCNC1CC(C)C1)C(=O)OC(C)(C)C. The molecule has 1 saturated carbocycles. The van der Waals surface area contributed by atoms with Gasteiger partial charge in [0.25, 0.3) is 0 Å². The molecule has 0 aliphatic heterocycles. The Hall–Kier alpha value is -0.770. The Morgan fingerprint density at radius 3 is 2.42 bits per heavy atom. The summed E-state index contributed by atoms with van der Waals surface area (Å²) in [5.41, 5.74) is -0.417. The highest BCUT2D eigenvalue weighted by molar-refractivity contribution is 5.68. The largest absolute Gasteiger partial charge is 0.444 e. The molecule has 0 atom stereocenters. The first-order valence-corrected chi connectivity index (χ1v) is 7.53. The van der Waals surface area contributed by atoms with E-state index in [1.54, 1.807) is 4.90 Å². The molecule has 0 radical (unpaired) electrons. The first-order chi connectivity index (χ1) is 8.81. The monoisotopic (exact) mass is 270 g/mol. The Kier molecular flexibility index (Phi) is 6.11. The van der Waals surface area contributed by atoms with Crippen molar-refractivity contribution in [1.82, 2.24) is 10.2 Å². The molecule has 0 aromatic rings. The summed E-state index contributed by atoms with van der Waals surface area (Å²) in [6, 6.07) is 0.650. The second kappa shape index (κ2) is 7.13. The summed E-state index contributed by atoms with van der Waals surface area (Å²) in [6.07, 6.45) is 3.29. The van der Waals surface area contributed by atoms with Gasteiger partial charge in [-0.1, -0.05) is 13.8 Å². The van der Waals surface area contributed by atoms with Crippen molar-refractivity contribution in [2.24, 2.45) is 5.92 Å². The van der Waals surface area contributed by atoms with Crippen molar-refractivity contribution in [1.29, 1.82) is 0 Å². The lowest BCUT2D eigenvalue weighted by atomic mass is 9.82. The molecule has 1 N–H and O–H groups in total. The van der Waals surface area contributed by atoms with Gasteiger partial charge < -0.3 is 15.0 Å². The number of rotatable bonds is 6. The van der Waals surface area contributed by atoms with Gasteiger partial charge in [-0.05, 0) is 46.0 Å². The molecule has 112 valence electrons. The lowest BCUT2D eigenvalue weighted by Gasteiger charge is -2.34. The summed E-state index contributed by atoms with van der Waals surface area (Å²) < 4.78 is 5.43. The fourth-order valence-electron chi connectivity index (χ4n) is 2.36. The highest BCUT2D eigenvalue weighted by Gasteiger charge is 2.25. The Morgan fingerprint density at radius 1 is 1.32 bits per heavy atom. The molecule has 0 aromatic carbocycles. The minimum absolute atomic E-state index is 0.196. The molecule has 0 bridgehead atoms. The van der Waals surface area contributed by atoms with Gasteiger partial charge in [-0.3, -0.25) is 0 Å². The number of carbonyl (C=O) groups excluding carboxylic acids is 1. The minimum atomic E-state index is -0.417. The van der Waals surface area contributed by atoms with Gasteiger partial charge >= 0.3 is 6.09 Å². The third kappa shape index (κ3) is 6.28. The third-order valence-electron chi connectivity index (χ3n) is 3.33. The van der Waals surface area contributed by atoms with E-state index in [-0.39, 0.29) is 6.09 Å². The molecule has 0 spiro atoms. The molecule has 1 aliphatic rings. The fourth-order valence-corrected chi connectivity index (χ4v) is 2.36. The number of hydrogen-bond acceptors (Lipinski definition) is 3. The van der Waals surface area contributed by atoms with Crippen LogP contribution in [-0.2, 0) is 4.74 Å². The molecule has 0 heterocycles. The summed E-state index contributed by atoms with van der Waals surface area (Å²) in [5, 5.41) is 3.51. The highest BCUT2D eigenvalue weighted by atomic mass is 16.6. The van der Waals surface area contributed by atoms with Crippen molar-refractivity contribution in [3.05, 3.63) is 0 Å². The lowest BCUT2D eigenvalue weighted by molar-refractivity contribution is 0.0248. The molecule has 1 aliphatic carbocycles. The van der Waals surface area contributed by atoms with E-state index in [0.717, 1.165) is 32.0 Å². The van der Waals surface area contributed by atoms with E-state index in [2.05, 4.69) is 19.2 Å². The van der Waals surface area contributed by atoms with E-state index >= 15 is 0 Å². The zero-order valence-electron chi connectivity index (χ0n) is 13.2. The first-order valence-electron chi connectivity index (χ1n) is 7.53. The number of ether oxygens (including phenoxy) is 1. The minimum Gasteiger partial charge on any atom is -0.444 e. The molecule has 1 rings (SSSR count). The smallest absolute Gasteiger partial charge is 0.410 e. The van der Waals surface area contributed by atoms with Crippen LogP contribution in [0, 0.1) is 5.92 Å². The second-order valence-electron chi connectivity index (χ2n) is 6.70. The maximum absolute atomic E-state index is 12.0. The van der Waals surface area contributed by atoms with Crippen molar-refractivity contribution >= 4 is 6.09 Å². The zero-order chi connectivity index (χ0) is 14.5. The van der Waals surface area contributed by atoms with Gasteiger partial charge in [-0.15, -0.1) is 0 Å². The molecule has 4 heteroatoms. The highest BCUT2D eigenvalue weighted by Crippen LogP contribution is 2.25. The van der Waals surface area contributed by atoms with Crippen LogP contribution < -0.4 is 5.32 Å². The summed E-state index contributed by atoms with van der Waals surface area (Å²) >= 11 is 0. The standard InChI is InChI=1S/C15H30N2O2/c1-6-8-17(14(18)19-15(3,4)5)9-7-16-13-10-12(2)11-13/h12-13,16H,6-11H2,1-5H3. The molecule has 19 heavy (non-hydrogen) atoms. The molecule has 1 amide bonds. The average Bonchev–Trinajstić information content (AvgIpc) is 2.22. The number of nitrogens with zero attached hydrogens (tertiary/aromatic N) is 1. The van der Waals surface area contributed by atoms with Crippen LogP contribution in [0.3, 0.4) is 0 Å². The maximum atomic E-state index is 12.0. The van der Waals surface area contributed by atoms with Crippen molar-refractivity contribution in [2.45, 2.75) is 65.5 Å². The first kappa shape index (κ1) is 16.3. The van der Waals surface area contributed by atoms with Gasteiger partial charge in [0.15, 0.2) is 0 Å². The van der Waals surface area contributed by atoms with Crippen LogP contribution in [0.15, 0.2) is 0 Å². The van der Waals surface area contributed by atoms with Crippen LogP contribution in [0.5, 0.6) is 0 Å². The summed E-state index contributed by atoms with van der Waals surface area (Å²) in [7, 11) is 0. The van der Waals surface area contributed by atoms with Crippen molar-refractivity contribution in [3.63, 3.8) is 0 Å². The van der Waals surface area contributed by atoms with Gasteiger partial charge in [0.05, 0.1) is 0 Å². The van der Waals surface area contributed by atoms with Gasteiger partial charge in [-0.2, -0.15) is 0 Å². The Morgan fingerprint density at radius 2 is 1.95 bits per heavy atom. The normalized spacial score (nSPS) is 22.8. The topological polar surface area (TPSA) is 41.6 Å². The van der Waals surface area contributed by atoms with Crippen LogP contribution in [0.25, 0.3) is 0 Å². The van der Waals surface area contributed by atoms with Gasteiger partial charge in [0.2, 0.25) is 0 Å². The molecule has 4 nitrogen and oxygen atoms in total. The summed E-state index contributed by atoms with van der Waals surface area (Å²) in [4.78, 5) is 13.8. The third-order valence-corrected chi connectivity index (χ3v) is 3.33. The quantitative estimate of drug-likeness (QED) is 0.806. The van der Waals surface area contributed by atoms with Crippen LogP contribution in [-0.4, -0.2) is 42.3 Å². The van der Waals surface area contributed by atoms with Gasteiger partial charge in [0.1, 0.15) is 5.60 Å². The molecule has 1 fully saturated rings. The van der Waals surface area contributed by atoms with Crippen molar-refractivity contribution < 1.29 is 9.53 Å². The van der Waals surface area contributed by atoms with Crippen LogP contribution in [0.4, 0.5) is 4.79 Å². The summed E-state index contributed by atoms with van der Waals surface area (Å²) in [5.74, 6) is 0.857. The number of carbonyl (C=O) groups is 1. The van der Waals surface area contributed by atoms with E-state index in [1.807, 2.05) is 20.8 Å².